The zero-order valence-electron chi connectivity index (χ0n) is 6.71. The van der Waals surface area contributed by atoms with E-state index in [0.717, 1.165) is 5.56 Å². The highest BCUT2D eigenvalue weighted by molar-refractivity contribution is 6.30. The summed E-state index contributed by atoms with van der Waals surface area (Å²) in [6.07, 6.45) is 3.82. The van der Waals surface area contributed by atoms with Crippen LogP contribution in [0.15, 0.2) is 24.3 Å². The van der Waals surface area contributed by atoms with Gasteiger partial charge in [0.1, 0.15) is 0 Å². The molecule has 0 heterocycles. The maximum absolute atomic E-state index is 8.62. The van der Waals surface area contributed by atoms with Gasteiger partial charge >= 0.3 is 0 Å². The van der Waals surface area contributed by atoms with Crippen molar-refractivity contribution in [3.63, 3.8) is 0 Å². The van der Waals surface area contributed by atoms with Crippen LogP contribution in [0, 0.1) is 11.3 Å². The van der Waals surface area contributed by atoms with Crippen LogP contribution in [0.2, 0.25) is 5.02 Å². The van der Waals surface area contributed by atoms with Gasteiger partial charge in [-0.25, -0.2) is 0 Å². The molecule has 0 radical (unpaired) electrons. The molecule has 0 atom stereocenters. The Morgan fingerprint density at radius 1 is 1.42 bits per heavy atom. The van der Waals surface area contributed by atoms with Crippen molar-refractivity contribution in [1.29, 1.82) is 5.26 Å². The molecule has 0 aliphatic heterocycles. The molecule has 0 saturated carbocycles. The first-order chi connectivity index (χ1) is 5.76. The Balaban J connectivity index is 3.17. The predicted molar refractivity (Wildman–Crippen MR) is 50.9 cm³/mol. The molecule has 0 amide bonds. The molecule has 0 bridgehead atoms. The summed E-state index contributed by atoms with van der Waals surface area (Å²) >= 11 is 5.78. The molecule has 12 heavy (non-hydrogen) atoms. The number of hydrogen-bond donors (Lipinski definition) is 0. The fourth-order valence-corrected chi connectivity index (χ4v) is 1.21. The molecule has 1 aromatic carbocycles. The highest BCUT2D eigenvalue weighted by Gasteiger charge is 1.95. The summed E-state index contributed by atoms with van der Waals surface area (Å²) < 4.78 is 0. The van der Waals surface area contributed by atoms with E-state index >= 15 is 0 Å². The number of rotatable bonds is 1. The molecule has 2 heteroatoms. The van der Waals surface area contributed by atoms with E-state index in [4.69, 9.17) is 16.9 Å². The van der Waals surface area contributed by atoms with Gasteiger partial charge < -0.3 is 0 Å². The van der Waals surface area contributed by atoms with E-state index < -0.39 is 0 Å². The molecule has 1 rings (SSSR count). The minimum atomic E-state index is 0.593. The average Bonchev–Trinajstić information content (AvgIpc) is 2.04. The number of nitrogens with zero attached hydrogens (tertiary/aromatic N) is 1. The summed E-state index contributed by atoms with van der Waals surface area (Å²) in [6.45, 7) is 1.92. The van der Waals surface area contributed by atoms with E-state index in [1.807, 2.05) is 31.2 Å². The molecular formula is C10H8ClN. The maximum Gasteiger partial charge on any atom is 0.0992 e. The van der Waals surface area contributed by atoms with Crippen LogP contribution in [0.5, 0.6) is 0 Å². The highest BCUT2D eigenvalue weighted by Crippen LogP contribution is 2.15. The number of allylic oxidation sites excluding steroid dienone is 1. The molecule has 1 nitrogen and oxygen atoms in total. The predicted octanol–water partition coefficient (Wildman–Crippen LogP) is 3.24. The normalized spacial score (nSPS) is 10.1. The fourth-order valence-electron chi connectivity index (χ4n) is 0.966. The molecule has 0 aromatic heterocycles. The molecular weight excluding hydrogens is 170 g/mol. The first-order valence-electron chi connectivity index (χ1n) is 3.59. The van der Waals surface area contributed by atoms with Gasteiger partial charge in [-0.3, -0.25) is 0 Å². The van der Waals surface area contributed by atoms with E-state index in [-0.39, 0.29) is 0 Å². The monoisotopic (exact) mass is 177 g/mol. The van der Waals surface area contributed by atoms with Gasteiger partial charge in [0.05, 0.1) is 11.6 Å². The quantitative estimate of drug-likeness (QED) is 0.646. The number of benzene rings is 1. The third-order valence-electron chi connectivity index (χ3n) is 1.41. The average molecular weight is 178 g/mol. The molecule has 0 aliphatic carbocycles. The second kappa shape index (κ2) is 3.94. The Hall–Kier alpha value is -1.26. The van der Waals surface area contributed by atoms with Crippen LogP contribution in [0.4, 0.5) is 0 Å². The SMILES string of the molecule is C/C=C\c1cc(Cl)cc(C#N)c1. The highest BCUT2D eigenvalue weighted by atomic mass is 35.5. The summed E-state index contributed by atoms with van der Waals surface area (Å²) in [6, 6.07) is 7.31. The van der Waals surface area contributed by atoms with Crippen LogP contribution in [0.1, 0.15) is 18.1 Å². The topological polar surface area (TPSA) is 23.8 Å². The van der Waals surface area contributed by atoms with Crippen LogP contribution in [-0.2, 0) is 0 Å². The fraction of sp³-hybridized carbons (Fsp3) is 0.100. The van der Waals surface area contributed by atoms with Crippen molar-refractivity contribution < 1.29 is 0 Å². The van der Waals surface area contributed by atoms with E-state index in [2.05, 4.69) is 0 Å². The second-order valence-electron chi connectivity index (χ2n) is 2.39. The van der Waals surface area contributed by atoms with Crippen LogP contribution >= 0.6 is 11.6 Å². The molecule has 0 N–H and O–H groups in total. The lowest BCUT2D eigenvalue weighted by Crippen LogP contribution is -1.77. The maximum atomic E-state index is 8.62. The van der Waals surface area contributed by atoms with Crippen molar-refractivity contribution >= 4 is 17.7 Å². The second-order valence-corrected chi connectivity index (χ2v) is 2.82. The summed E-state index contributed by atoms with van der Waals surface area (Å²) in [7, 11) is 0. The number of hydrogen-bond acceptors (Lipinski definition) is 1. The van der Waals surface area contributed by atoms with Crippen molar-refractivity contribution in [2.75, 3.05) is 0 Å². The minimum Gasteiger partial charge on any atom is -0.192 e. The molecule has 1 aromatic rings. The van der Waals surface area contributed by atoms with Crippen molar-refractivity contribution in [2.24, 2.45) is 0 Å². The van der Waals surface area contributed by atoms with E-state index in [0.29, 0.717) is 10.6 Å². The Bertz CT molecular complexity index is 347. The lowest BCUT2D eigenvalue weighted by molar-refractivity contribution is 1.48. The Labute approximate surface area is 76.9 Å². The first kappa shape index (κ1) is 8.83. The standard InChI is InChI=1S/C10H8ClN/c1-2-3-8-4-9(7-12)6-10(11)5-8/h2-6H,1H3/b3-2-. The van der Waals surface area contributed by atoms with E-state index in [9.17, 15) is 0 Å². The molecule has 0 aliphatic rings. The molecule has 0 saturated heterocycles. The molecule has 0 unspecified atom stereocenters. The van der Waals surface area contributed by atoms with Gasteiger partial charge in [0, 0.05) is 5.02 Å². The third kappa shape index (κ3) is 2.11. The lowest BCUT2D eigenvalue weighted by Gasteiger charge is -1.95. The van der Waals surface area contributed by atoms with Gasteiger partial charge in [0.2, 0.25) is 0 Å². The van der Waals surface area contributed by atoms with Crippen LogP contribution < -0.4 is 0 Å². The molecule has 0 fully saturated rings. The van der Waals surface area contributed by atoms with Gasteiger partial charge in [-0.05, 0) is 30.7 Å². The van der Waals surface area contributed by atoms with E-state index in [1.54, 1.807) is 12.1 Å². The van der Waals surface area contributed by atoms with Crippen molar-refractivity contribution in [3.8, 4) is 6.07 Å². The lowest BCUT2D eigenvalue weighted by atomic mass is 10.1. The van der Waals surface area contributed by atoms with Gasteiger partial charge in [-0.15, -0.1) is 0 Å². The van der Waals surface area contributed by atoms with Crippen molar-refractivity contribution in [3.05, 3.63) is 40.4 Å². The van der Waals surface area contributed by atoms with Gasteiger partial charge in [0.15, 0.2) is 0 Å². The Morgan fingerprint density at radius 2 is 2.17 bits per heavy atom. The summed E-state index contributed by atoms with van der Waals surface area (Å²) in [4.78, 5) is 0. The van der Waals surface area contributed by atoms with Crippen molar-refractivity contribution in [2.45, 2.75) is 6.92 Å². The first-order valence-corrected chi connectivity index (χ1v) is 3.97. The Kier molecular flexibility index (Phi) is 2.90. The summed E-state index contributed by atoms with van der Waals surface area (Å²) in [5.74, 6) is 0. The number of nitriles is 1. The largest absolute Gasteiger partial charge is 0.192 e. The Morgan fingerprint density at radius 3 is 2.75 bits per heavy atom. The van der Waals surface area contributed by atoms with Gasteiger partial charge in [-0.2, -0.15) is 5.26 Å². The van der Waals surface area contributed by atoms with Crippen LogP contribution in [0.25, 0.3) is 6.08 Å². The summed E-state index contributed by atoms with van der Waals surface area (Å²) in [5, 5.41) is 9.22. The van der Waals surface area contributed by atoms with Crippen LogP contribution in [0.3, 0.4) is 0 Å². The minimum absolute atomic E-state index is 0.593. The van der Waals surface area contributed by atoms with Crippen molar-refractivity contribution in [1.82, 2.24) is 0 Å². The molecule has 60 valence electrons. The zero-order chi connectivity index (χ0) is 8.97. The van der Waals surface area contributed by atoms with Gasteiger partial charge in [0.25, 0.3) is 0 Å². The number of halogens is 1. The third-order valence-corrected chi connectivity index (χ3v) is 1.63. The molecule has 0 spiro atoms. The smallest absolute Gasteiger partial charge is 0.0992 e. The summed E-state index contributed by atoms with van der Waals surface area (Å²) in [5.41, 5.74) is 1.55. The van der Waals surface area contributed by atoms with E-state index in [1.165, 1.54) is 0 Å². The van der Waals surface area contributed by atoms with Gasteiger partial charge in [-0.1, -0.05) is 23.8 Å². The van der Waals surface area contributed by atoms with Crippen LogP contribution in [-0.4, -0.2) is 0 Å². The zero-order valence-corrected chi connectivity index (χ0v) is 7.47.